The standard InChI is InChI=1S/C17H19NO4S/c1-12-13(10-14-4-2-3-5-16(14)22-12)6-7-17(19)18-15-8-9-23(20,21)11-15/h2-7,10,12,15H,8-9,11H2,1H3,(H,18,19)/b7-6+. The second-order valence-corrected chi connectivity index (χ2v) is 8.11. The van der Waals surface area contributed by atoms with Gasteiger partial charge in [-0.05, 0) is 37.1 Å². The lowest BCUT2D eigenvalue weighted by Crippen LogP contribution is -2.34. The molecule has 0 spiro atoms. The molecule has 1 amide bonds. The predicted molar refractivity (Wildman–Crippen MR) is 88.9 cm³/mol. The third kappa shape index (κ3) is 3.82. The van der Waals surface area contributed by atoms with Gasteiger partial charge in [-0.15, -0.1) is 0 Å². The molecule has 5 nitrogen and oxygen atoms in total. The van der Waals surface area contributed by atoms with E-state index in [1.165, 1.54) is 6.08 Å². The van der Waals surface area contributed by atoms with E-state index in [4.69, 9.17) is 4.74 Å². The van der Waals surface area contributed by atoms with Crippen molar-refractivity contribution in [2.24, 2.45) is 0 Å². The first-order valence-electron chi connectivity index (χ1n) is 7.59. The molecular weight excluding hydrogens is 314 g/mol. The number of amides is 1. The maximum atomic E-state index is 11.9. The molecule has 3 rings (SSSR count). The number of ether oxygens (including phenoxy) is 1. The first-order chi connectivity index (χ1) is 10.9. The van der Waals surface area contributed by atoms with Gasteiger partial charge in [-0.2, -0.15) is 0 Å². The van der Waals surface area contributed by atoms with Crippen LogP contribution in [-0.4, -0.2) is 38.0 Å². The molecule has 2 atom stereocenters. The quantitative estimate of drug-likeness (QED) is 0.855. The number of carbonyl (C=O) groups is 1. The maximum absolute atomic E-state index is 11.9. The first kappa shape index (κ1) is 15.8. The number of sulfone groups is 1. The fraction of sp³-hybridized carbons (Fsp3) is 0.353. The molecule has 2 heterocycles. The Bertz CT molecular complexity index is 780. The van der Waals surface area contributed by atoms with Gasteiger partial charge >= 0.3 is 0 Å². The molecule has 1 fully saturated rings. The number of para-hydroxylation sites is 1. The Hall–Kier alpha value is -2.08. The summed E-state index contributed by atoms with van der Waals surface area (Å²) in [4.78, 5) is 11.9. The molecule has 0 aliphatic carbocycles. The van der Waals surface area contributed by atoms with Crippen LogP contribution in [0.5, 0.6) is 5.75 Å². The van der Waals surface area contributed by atoms with Crippen LogP contribution >= 0.6 is 0 Å². The van der Waals surface area contributed by atoms with Crippen molar-refractivity contribution in [3.05, 3.63) is 47.6 Å². The highest BCUT2D eigenvalue weighted by molar-refractivity contribution is 7.91. The van der Waals surface area contributed by atoms with Crippen LogP contribution < -0.4 is 10.1 Å². The number of rotatable bonds is 3. The normalized spacial score (nSPS) is 25.5. The van der Waals surface area contributed by atoms with E-state index in [1.54, 1.807) is 6.08 Å². The summed E-state index contributed by atoms with van der Waals surface area (Å²) < 4.78 is 28.6. The molecule has 2 aliphatic rings. The Morgan fingerprint density at radius 1 is 1.35 bits per heavy atom. The minimum atomic E-state index is -2.99. The Morgan fingerprint density at radius 2 is 2.13 bits per heavy atom. The van der Waals surface area contributed by atoms with Crippen molar-refractivity contribution in [1.82, 2.24) is 5.32 Å². The minimum absolute atomic E-state index is 0.0299. The summed E-state index contributed by atoms with van der Waals surface area (Å²) in [6.07, 6.45) is 5.50. The fourth-order valence-corrected chi connectivity index (χ4v) is 4.45. The lowest BCUT2D eigenvalue weighted by molar-refractivity contribution is -0.117. The zero-order chi connectivity index (χ0) is 16.4. The number of hydrogen-bond acceptors (Lipinski definition) is 4. The Morgan fingerprint density at radius 3 is 2.87 bits per heavy atom. The molecule has 1 saturated heterocycles. The number of hydrogen-bond donors (Lipinski definition) is 1. The van der Waals surface area contributed by atoms with Gasteiger partial charge in [0.15, 0.2) is 9.84 Å². The number of benzene rings is 1. The van der Waals surface area contributed by atoms with Gasteiger partial charge < -0.3 is 10.1 Å². The van der Waals surface area contributed by atoms with Crippen molar-refractivity contribution >= 4 is 21.8 Å². The second-order valence-electron chi connectivity index (χ2n) is 5.88. The van der Waals surface area contributed by atoms with Crippen LogP contribution in [0.1, 0.15) is 18.9 Å². The van der Waals surface area contributed by atoms with Gasteiger partial charge in [0, 0.05) is 17.7 Å². The Labute approximate surface area is 136 Å². The molecule has 2 unspecified atom stereocenters. The van der Waals surface area contributed by atoms with Crippen LogP contribution in [0.3, 0.4) is 0 Å². The summed E-state index contributed by atoms with van der Waals surface area (Å²) in [5.74, 6) is 0.730. The van der Waals surface area contributed by atoms with E-state index in [-0.39, 0.29) is 29.6 Å². The number of nitrogens with one attached hydrogen (secondary N) is 1. The summed E-state index contributed by atoms with van der Waals surface area (Å²) in [7, 11) is -2.99. The van der Waals surface area contributed by atoms with Crippen LogP contribution in [-0.2, 0) is 14.6 Å². The van der Waals surface area contributed by atoms with Crippen LogP contribution in [0, 0.1) is 0 Å². The minimum Gasteiger partial charge on any atom is -0.485 e. The zero-order valence-electron chi connectivity index (χ0n) is 12.9. The molecular formula is C17H19NO4S. The van der Waals surface area contributed by atoms with E-state index in [9.17, 15) is 13.2 Å². The molecule has 6 heteroatoms. The predicted octanol–water partition coefficient (Wildman–Crippen LogP) is 1.71. The molecule has 1 aromatic carbocycles. The molecule has 1 aromatic rings. The lowest BCUT2D eigenvalue weighted by Gasteiger charge is -2.22. The van der Waals surface area contributed by atoms with Crippen molar-refractivity contribution < 1.29 is 17.9 Å². The second kappa shape index (κ2) is 6.20. The third-order valence-corrected chi connectivity index (χ3v) is 5.79. The fourth-order valence-electron chi connectivity index (χ4n) is 2.78. The van der Waals surface area contributed by atoms with Crippen molar-refractivity contribution in [2.45, 2.75) is 25.5 Å². The highest BCUT2D eigenvalue weighted by Crippen LogP contribution is 2.29. The van der Waals surface area contributed by atoms with E-state index in [0.717, 1.165) is 16.9 Å². The van der Waals surface area contributed by atoms with Gasteiger partial charge in [0.25, 0.3) is 0 Å². The van der Waals surface area contributed by atoms with Gasteiger partial charge in [-0.3, -0.25) is 4.79 Å². The van der Waals surface area contributed by atoms with Crippen molar-refractivity contribution in [3.8, 4) is 5.75 Å². The van der Waals surface area contributed by atoms with Crippen LogP contribution in [0.25, 0.3) is 6.08 Å². The summed E-state index contributed by atoms with van der Waals surface area (Å²) in [6, 6.07) is 7.44. The average Bonchev–Trinajstić information content (AvgIpc) is 2.84. The molecule has 0 aromatic heterocycles. The summed E-state index contributed by atoms with van der Waals surface area (Å²) in [5.41, 5.74) is 1.88. The lowest BCUT2D eigenvalue weighted by atomic mass is 10.0. The third-order valence-electron chi connectivity index (χ3n) is 4.02. The van der Waals surface area contributed by atoms with E-state index < -0.39 is 9.84 Å². The monoisotopic (exact) mass is 333 g/mol. The highest BCUT2D eigenvalue weighted by atomic mass is 32.2. The average molecular weight is 333 g/mol. The topological polar surface area (TPSA) is 72.5 Å². The summed E-state index contributed by atoms with van der Waals surface area (Å²) >= 11 is 0. The molecule has 1 N–H and O–H groups in total. The van der Waals surface area contributed by atoms with Gasteiger partial charge in [-0.25, -0.2) is 8.42 Å². The Kier molecular flexibility index (Phi) is 4.26. The molecule has 2 aliphatic heterocycles. The molecule has 0 saturated carbocycles. The molecule has 0 radical (unpaired) electrons. The van der Waals surface area contributed by atoms with Crippen LogP contribution in [0.15, 0.2) is 42.0 Å². The smallest absolute Gasteiger partial charge is 0.244 e. The van der Waals surface area contributed by atoms with E-state index in [0.29, 0.717) is 6.42 Å². The largest absolute Gasteiger partial charge is 0.485 e. The van der Waals surface area contributed by atoms with Gasteiger partial charge in [0.05, 0.1) is 11.5 Å². The van der Waals surface area contributed by atoms with E-state index in [1.807, 2.05) is 37.3 Å². The van der Waals surface area contributed by atoms with E-state index >= 15 is 0 Å². The first-order valence-corrected chi connectivity index (χ1v) is 9.41. The van der Waals surface area contributed by atoms with Crippen molar-refractivity contribution in [2.75, 3.05) is 11.5 Å². The summed E-state index contributed by atoms with van der Waals surface area (Å²) in [6.45, 7) is 1.92. The van der Waals surface area contributed by atoms with Crippen molar-refractivity contribution in [1.29, 1.82) is 0 Å². The number of fused-ring (bicyclic) bond motifs is 1. The van der Waals surface area contributed by atoms with Crippen LogP contribution in [0.2, 0.25) is 0 Å². The highest BCUT2D eigenvalue weighted by Gasteiger charge is 2.28. The zero-order valence-corrected chi connectivity index (χ0v) is 13.7. The van der Waals surface area contributed by atoms with Gasteiger partial charge in [-0.1, -0.05) is 18.2 Å². The van der Waals surface area contributed by atoms with Crippen molar-refractivity contribution in [3.63, 3.8) is 0 Å². The maximum Gasteiger partial charge on any atom is 0.244 e. The van der Waals surface area contributed by atoms with E-state index in [2.05, 4.69) is 5.32 Å². The molecule has 122 valence electrons. The van der Waals surface area contributed by atoms with Crippen LogP contribution in [0.4, 0.5) is 0 Å². The number of carbonyl (C=O) groups excluding carboxylic acids is 1. The van der Waals surface area contributed by atoms with Gasteiger partial charge in [0.2, 0.25) is 5.91 Å². The molecule has 0 bridgehead atoms. The Balaban J connectivity index is 1.66. The SMILES string of the molecule is CC1Oc2ccccc2C=C1/C=C/C(=O)NC1CCS(=O)(=O)C1. The molecule has 23 heavy (non-hydrogen) atoms. The summed E-state index contributed by atoms with van der Waals surface area (Å²) in [5, 5.41) is 2.74. The van der Waals surface area contributed by atoms with Gasteiger partial charge in [0.1, 0.15) is 11.9 Å².